The zero-order valence-corrected chi connectivity index (χ0v) is 9.59. The quantitative estimate of drug-likeness (QED) is 0.411. The minimum absolute atomic E-state index is 0.268. The molecule has 0 amide bonds. The van der Waals surface area contributed by atoms with Crippen LogP contribution in [0.25, 0.3) is 0 Å². The predicted octanol–water partition coefficient (Wildman–Crippen LogP) is -0.454. The Morgan fingerprint density at radius 2 is 2.35 bits per heavy atom. The fourth-order valence-electron chi connectivity index (χ4n) is 1.74. The van der Waals surface area contributed by atoms with E-state index in [-0.39, 0.29) is 6.04 Å². The molecule has 0 radical (unpaired) electrons. The molecule has 0 aliphatic heterocycles. The third-order valence-electron chi connectivity index (χ3n) is 2.56. The van der Waals surface area contributed by atoms with Gasteiger partial charge in [-0.25, -0.2) is 10.1 Å². The van der Waals surface area contributed by atoms with Crippen LogP contribution in [0.4, 0.5) is 5.82 Å². The van der Waals surface area contributed by atoms with Crippen LogP contribution < -0.4 is 17.0 Å². The van der Waals surface area contributed by atoms with Crippen molar-refractivity contribution in [2.75, 3.05) is 5.73 Å². The van der Waals surface area contributed by atoms with Crippen LogP contribution in [0.1, 0.15) is 30.6 Å². The van der Waals surface area contributed by atoms with Gasteiger partial charge < -0.3 is 5.73 Å². The number of aromatic nitrogens is 5. The Morgan fingerprint density at radius 3 is 2.94 bits per heavy atom. The van der Waals surface area contributed by atoms with Crippen LogP contribution in [0, 0.1) is 0 Å². The highest BCUT2D eigenvalue weighted by atomic mass is 15.4. The number of aryl methyl sites for hydroxylation is 1. The second-order valence-electron chi connectivity index (χ2n) is 3.72. The number of nitrogens with one attached hydrogen (secondary N) is 2. The van der Waals surface area contributed by atoms with Gasteiger partial charge in [0.2, 0.25) is 0 Å². The number of rotatable bonds is 5. The van der Waals surface area contributed by atoms with Crippen LogP contribution in [0.15, 0.2) is 12.4 Å². The number of nitrogen functional groups attached to an aromatic ring is 1. The highest BCUT2D eigenvalue weighted by Crippen LogP contribution is 2.23. The van der Waals surface area contributed by atoms with Crippen LogP contribution in [0.3, 0.4) is 0 Å². The molecule has 0 fully saturated rings. The van der Waals surface area contributed by atoms with Gasteiger partial charge in [0.15, 0.2) is 0 Å². The van der Waals surface area contributed by atoms with Crippen LogP contribution in [0.5, 0.6) is 0 Å². The maximum atomic E-state index is 5.78. The summed E-state index contributed by atoms with van der Waals surface area (Å²) in [6.45, 7) is 2.85. The second-order valence-corrected chi connectivity index (χ2v) is 3.72. The van der Waals surface area contributed by atoms with Crippen molar-refractivity contribution in [3.8, 4) is 0 Å². The lowest BCUT2D eigenvalue weighted by Gasteiger charge is -2.15. The SMILES string of the molecule is CCCn1nncc1C(NN)c1cn[nH]c1N. The van der Waals surface area contributed by atoms with E-state index in [9.17, 15) is 0 Å². The van der Waals surface area contributed by atoms with Crippen molar-refractivity contribution >= 4 is 5.82 Å². The Balaban J connectivity index is 2.35. The molecule has 0 saturated heterocycles. The normalized spacial score (nSPS) is 12.8. The molecule has 2 aromatic heterocycles. The number of anilines is 1. The lowest BCUT2D eigenvalue weighted by Crippen LogP contribution is -2.31. The van der Waals surface area contributed by atoms with E-state index in [1.54, 1.807) is 17.1 Å². The molecule has 1 atom stereocenters. The van der Waals surface area contributed by atoms with E-state index in [0.29, 0.717) is 5.82 Å². The first kappa shape index (κ1) is 11.6. The summed E-state index contributed by atoms with van der Waals surface area (Å²) in [6, 6.07) is -0.268. The molecule has 8 heteroatoms. The number of nitrogens with two attached hydrogens (primary N) is 2. The summed E-state index contributed by atoms with van der Waals surface area (Å²) in [5.74, 6) is 6.06. The fraction of sp³-hybridized carbons (Fsp3) is 0.444. The standard InChI is InChI=1S/C9H16N8/c1-2-3-17-7(5-13-16-17)8(14-11)6-4-12-15-9(6)10/h4-5,8,14H,2-3,11H2,1H3,(H3,10,12,15). The number of hydrazine groups is 1. The summed E-state index contributed by atoms with van der Waals surface area (Å²) < 4.78 is 1.80. The first-order valence-corrected chi connectivity index (χ1v) is 5.41. The van der Waals surface area contributed by atoms with Gasteiger partial charge in [0.25, 0.3) is 0 Å². The van der Waals surface area contributed by atoms with E-state index < -0.39 is 0 Å². The first-order valence-electron chi connectivity index (χ1n) is 5.41. The Labute approximate surface area is 98.3 Å². The Hall–Kier alpha value is -1.93. The van der Waals surface area contributed by atoms with Crippen LogP contribution in [-0.2, 0) is 6.54 Å². The first-order chi connectivity index (χ1) is 8.27. The number of nitrogens with zero attached hydrogens (tertiary/aromatic N) is 4. The zero-order valence-electron chi connectivity index (χ0n) is 9.59. The van der Waals surface area contributed by atoms with Gasteiger partial charge in [-0.15, -0.1) is 5.10 Å². The molecule has 0 aliphatic rings. The third kappa shape index (κ3) is 2.12. The van der Waals surface area contributed by atoms with Crippen molar-refractivity contribution in [3.05, 3.63) is 23.7 Å². The number of H-pyrrole nitrogens is 1. The van der Waals surface area contributed by atoms with Crippen LogP contribution in [-0.4, -0.2) is 25.2 Å². The molecule has 2 aromatic rings. The van der Waals surface area contributed by atoms with E-state index in [1.165, 1.54) is 0 Å². The molecule has 92 valence electrons. The topological polar surface area (TPSA) is 123 Å². The molecule has 1 unspecified atom stereocenters. The molecular formula is C9H16N8. The maximum Gasteiger partial charge on any atom is 0.124 e. The van der Waals surface area contributed by atoms with Gasteiger partial charge in [0.05, 0.1) is 24.1 Å². The average Bonchev–Trinajstić information content (AvgIpc) is 2.92. The van der Waals surface area contributed by atoms with E-state index in [2.05, 4.69) is 32.9 Å². The Morgan fingerprint density at radius 1 is 1.53 bits per heavy atom. The second kappa shape index (κ2) is 4.93. The zero-order chi connectivity index (χ0) is 12.3. The summed E-state index contributed by atoms with van der Waals surface area (Å²) in [4.78, 5) is 0. The Kier molecular flexibility index (Phi) is 3.35. The number of hydrogen-bond acceptors (Lipinski definition) is 6. The van der Waals surface area contributed by atoms with Crippen molar-refractivity contribution in [1.82, 2.24) is 30.6 Å². The Bertz CT molecular complexity index is 473. The van der Waals surface area contributed by atoms with Gasteiger partial charge >= 0.3 is 0 Å². The van der Waals surface area contributed by atoms with Gasteiger partial charge in [0.1, 0.15) is 5.82 Å². The van der Waals surface area contributed by atoms with Crippen molar-refractivity contribution in [2.45, 2.75) is 25.9 Å². The van der Waals surface area contributed by atoms with E-state index in [4.69, 9.17) is 11.6 Å². The molecule has 0 bridgehead atoms. The summed E-state index contributed by atoms with van der Waals surface area (Å²) in [5.41, 5.74) is 10.1. The summed E-state index contributed by atoms with van der Waals surface area (Å²) in [6.07, 6.45) is 4.28. The lowest BCUT2D eigenvalue weighted by molar-refractivity contribution is 0.512. The molecule has 0 aromatic carbocycles. The summed E-state index contributed by atoms with van der Waals surface area (Å²) >= 11 is 0. The molecule has 2 heterocycles. The van der Waals surface area contributed by atoms with Gasteiger partial charge in [-0.3, -0.25) is 10.9 Å². The molecule has 0 saturated carbocycles. The van der Waals surface area contributed by atoms with E-state index in [1.807, 2.05) is 0 Å². The lowest BCUT2D eigenvalue weighted by atomic mass is 10.1. The van der Waals surface area contributed by atoms with Crippen molar-refractivity contribution < 1.29 is 0 Å². The van der Waals surface area contributed by atoms with Gasteiger partial charge in [-0.05, 0) is 6.42 Å². The van der Waals surface area contributed by atoms with Crippen molar-refractivity contribution in [2.24, 2.45) is 5.84 Å². The monoisotopic (exact) mass is 236 g/mol. The summed E-state index contributed by atoms with van der Waals surface area (Å²) in [5, 5.41) is 14.5. The largest absolute Gasteiger partial charge is 0.384 e. The summed E-state index contributed by atoms with van der Waals surface area (Å²) in [7, 11) is 0. The van der Waals surface area contributed by atoms with Crippen LogP contribution >= 0.6 is 0 Å². The van der Waals surface area contributed by atoms with Gasteiger partial charge in [-0.1, -0.05) is 12.1 Å². The predicted molar refractivity (Wildman–Crippen MR) is 62.5 cm³/mol. The number of hydrogen-bond donors (Lipinski definition) is 4. The molecular weight excluding hydrogens is 220 g/mol. The van der Waals surface area contributed by atoms with Crippen molar-refractivity contribution in [3.63, 3.8) is 0 Å². The average molecular weight is 236 g/mol. The number of aromatic amines is 1. The van der Waals surface area contributed by atoms with Crippen LogP contribution in [0.2, 0.25) is 0 Å². The van der Waals surface area contributed by atoms with Gasteiger partial charge in [-0.2, -0.15) is 5.10 Å². The molecule has 0 spiro atoms. The highest BCUT2D eigenvalue weighted by Gasteiger charge is 2.21. The third-order valence-corrected chi connectivity index (χ3v) is 2.56. The smallest absolute Gasteiger partial charge is 0.124 e. The molecule has 17 heavy (non-hydrogen) atoms. The molecule has 8 nitrogen and oxygen atoms in total. The van der Waals surface area contributed by atoms with E-state index in [0.717, 1.165) is 24.2 Å². The maximum absolute atomic E-state index is 5.78. The minimum Gasteiger partial charge on any atom is -0.384 e. The molecule has 6 N–H and O–H groups in total. The highest BCUT2D eigenvalue weighted by molar-refractivity contribution is 5.42. The minimum atomic E-state index is -0.268. The van der Waals surface area contributed by atoms with Gasteiger partial charge in [0, 0.05) is 12.1 Å². The van der Waals surface area contributed by atoms with E-state index >= 15 is 0 Å². The fourth-order valence-corrected chi connectivity index (χ4v) is 1.74. The molecule has 2 rings (SSSR count). The van der Waals surface area contributed by atoms with Crippen molar-refractivity contribution in [1.29, 1.82) is 0 Å². The molecule has 0 aliphatic carbocycles.